The molecule has 1 aliphatic heterocycles. The van der Waals surface area contributed by atoms with Crippen LogP contribution in [0.15, 0.2) is 22.6 Å². The lowest BCUT2D eigenvalue weighted by atomic mass is 10.2. The van der Waals surface area contributed by atoms with Gasteiger partial charge >= 0.3 is 0 Å². The Labute approximate surface area is 103 Å². The SMILES string of the molecule is Cc1cc(Cl)cc(OC2=NS(=O)(=O)C[SH2]2)c1. The Hall–Kier alpha value is -0.720. The van der Waals surface area contributed by atoms with Gasteiger partial charge in [0, 0.05) is 5.02 Å². The second-order valence-electron chi connectivity index (χ2n) is 3.37. The minimum absolute atomic E-state index is 0.0435. The molecule has 0 aliphatic carbocycles. The topological polar surface area (TPSA) is 55.7 Å². The maximum atomic E-state index is 11.1. The Balaban J connectivity index is 2.22. The van der Waals surface area contributed by atoms with Crippen LogP contribution in [-0.4, -0.2) is 18.7 Å². The quantitative estimate of drug-likeness (QED) is 0.789. The fourth-order valence-electron chi connectivity index (χ4n) is 1.27. The van der Waals surface area contributed by atoms with Crippen LogP contribution in [0.4, 0.5) is 0 Å². The molecule has 1 aromatic carbocycles. The number of hydrogen-bond donors (Lipinski definition) is 0. The third kappa shape index (κ3) is 2.90. The highest BCUT2D eigenvalue weighted by molar-refractivity contribution is 8.24. The van der Waals surface area contributed by atoms with Crippen LogP contribution in [0.3, 0.4) is 0 Å². The lowest BCUT2D eigenvalue weighted by Crippen LogP contribution is -2.00. The van der Waals surface area contributed by atoms with E-state index in [1.54, 1.807) is 18.2 Å². The average Bonchev–Trinajstić information content (AvgIpc) is 2.43. The standard InChI is InChI=1S/C9H10ClNO3S2/c1-6-2-7(10)4-8(3-6)14-9-11-16(12,13)5-15-9/h2-4H,5,15H2,1H3. The zero-order valence-corrected chi connectivity index (χ0v) is 11.0. The van der Waals surface area contributed by atoms with E-state index in [2.05, 4.69) is 4.40 Å². The van der Waals surface area contributed by atoms with Crippen LogP contribution in [-0.2, 0) is 10.0 Å². The van der Waals surface area contributed by atoms with Crippen molar-refractivity contribution in [2.75, 3.05) is 5.08 Å². The van der Waals surface area contributed by atoms with E-state index in [9.17, 15) is 8.42 Å². The average molecular weight is 280 g/mol. The molecule has 0 amide bonds. The van der Waals surface area contributed by atoms with Crippen LogP contribution in [0.1, 0.15) is 5.56 Å². The predicted octanol–water partition coefficient (Wildman–Crippen LogP) is 1.88. The maximum Gasteiger partial charge on any atom is 0.264 e. The molecule has 2 rings (SSSR count). The molecule has 0 atom stereocenters. The number of nitrogens with zero attached hydrogens (tertiary/aromatic N) is 1. The Morgan fingerprint density at radius 3 is 2.75 bits per heavy atom. The summed E-state index contributed by atoms with van der Waals surface area (Å²) >= 11 is 5.92. The third-order valence-corrected chi connectivity index (χ3v) is 5.24. The van der Waals surface area contributed by atoms with Crippen LogP contribution in [0.2, 0.25) is 5.02 Å². The zero-order valence-electron chi connectivity index (χ0n) is 8.40. The fraction of sp³-hybridized carbons (Fsp3) is 0.222. The summed E-state index contributed by atoms with van der Waals surface area (Å²) in [6.07, 6.45) is 0. The van der Waals surface area contributed by atoms with Crippen molar-refractivity contribution >= 4 is 38.6 Å². The highest BCUT2D eigenvalue weighted by Gasteiger charge is 2.20. The molecule has 0 saturated heterocycles. The molecule has 1 heterocycles. The molecule has 0 saturated carbocycles. The van der Waals surface area contributed by atoms with Crippen molar-refractivity contribution in [2.45, 2.75) is 6.92 Å². The van der Waals surface area contributed by atoms with Crippen LogP contribution < -0.4 is 4.74 Å². The highest BCUT2D eigenvalue weighted by Crippen LogP contribution is 2.25. The van der Waals surface area contributed by atoms with Crippen molar-refractivity contribution in [2.24, 2.45) is 4.40 Å². The summed E-state index contributed by atoms with van der Waals surface area (Å²) in [5.41, 5.74) is 0.951. The summed E-state index contributed by atoms with van der Waals surface area (Å²) in [5, 5.41) is 0.850. The van der Waals surface area contributed by atoms with Gasteiger partial charge in [-0.15, -0.1) is 4.40 Å². The van der Waals surface area contributed by atoms with Gasteiger partial charge in [0.1, 0.15) is 10.8 Å². The smallest absolute Gasteiger partial charge is 0.264 e. The first-order valence-electron chi connectivity index (χ1n) is 4.46. The second-order valence-corrected chi connectivity index (χ2v) is 7.08. The minimum Gasteiger partial charge on any atom is -0.434 e. The molecule has 7 heteroatoms. The van der Waals surface area contributed by atoms with E-state index in [1.807, 2.05) is 6.92 Å². The van der Waals surface area contributed by atoms with Gasteiger partial charge in [-0.25, -0.2) is 8.42 Å². The molecule has 0 bridgehead atoms. The molecule has 0 unspecified atom stereocenters. The lowest BCUT2D eigenvalue weighted by molar-refractivity contribution is 0.565. The third-order valence-electron chi connectivity index (χ3n) is 1.86. The summed E-state index contributed by atoms with van der Waals surface area (Å²) < 4.78 is 31.0. The molecule has 0 N–H and O–H groups in total. The summed E-state index contributed by atoms with van der Waals surface area (Å²) in [6, 6.07) is 5.21. The van der Waals surface area contributed by atoms with Gasteiger partial charge < -0.3 is 4.74 Å². The first-order chi connectivity index (χ1) is 7.44. The molecule has 0 aromatic heterocycles. The predicted molar refractivity (Wildman–Crippen MR) is 68.4 cm³/mol. The van der Waals surface area contributed by atoms with Crippen LogP contribution in [0.25, 0.3) is 0 Å². The second kappa shape index (κ2) is 4.27. The molecule has 1 aliphatic rings. The number of sulfonamides is 1. The number of benzene rings is 1. The van der Waals surface area contributed by atoms with Gasteiger partial charge in [0.25, 0.3) is 10.0 Å². The highest BCUT2D eigenvalue weighted by atomic mass is 35.5. The molecule has 1 aromatic rings. The van der Waals surface area contributed by atoms with Gasteiger partial charge in [0.2, 0.25) is 5.23 Å². The first-order valence-corrected chi connectivity index (χ1v) is 7.66. The van der Waals surface area contributed by atoms with Crippen LogP contribution >= 0.6 is 23.4 Å². The van der Waals surface area contributed by atoms with Crippen molar-refractivity contribution in [1.82, 2.24) is 0 Å². The molecule has 4 nitrogen and oxygen atoms in total. The Morgan fingerprint density at radius 2 is 2.19 bits per heavy atom. The zero-order chi connectivity index (χ0) is 11.8. The number of aryl methyl sites for hydroxylation is 1. The summed E-state index contributed by atoms with van der Waals surface area (Å²) in [5.74, 6) is 0.522. The first kappa shape index (κ1) is 11.8. The van der Waals surface area contributed by atoms with Gasteiger partial charge in [0.05, 0.1) is 0 Å². The van der Waals surface area contributed by atoms with Crippen molar-refractivity contribution in [3.63, 3.8) is 0 Å². The molecule has 88 valence electrons. The van der Waals surface area contributed by atoms with Crippen molar-refractivity contribution in [3.8, 4) is 5.75 Å². The summed E-state index contributed by atoms with van der Waals surface area (Å²) in [7, 11) is -3.29. The van der Waals surface area contributed by atoms with Gasteiger partial charge in [-0.3, -0.25) is 0 Å². The summed E-state index contributed by atoms with van der Waals surface area (Å²) in [6.45, 7) is 1.88. The minimum atomic E-state index is -3.29. The number of rotatable bonds is 1. The molecule has 0 fully saturated rings. The van der Waals surface area contributed by atoms with E-state index in [4.69, 9.17) is 16.3 Å². The van der Waals surface area contributed by atoms with E-state index in [0.717, 1.165) is 5.56 Å². The fourth-order valence-corrected chi connectivity index (χ4v) is 4.19. The van der Waals surface area contributed by atoms with Crippen molar-refractivity contribution in [3.05, 3.63) is 28.8 Å². The van der Waals surface area contributed by atoms with Gasteiger partial charge in [-0.05, 0) is 30.7 Å². The molecule has 16 heavy (non-hydrogen) atoms. The monoisotopic (exact) mass is 279 g/mol. The molecular formula is C9H10ClNO3S2. The number of hydrogen-bond acceptors (Lipinski definition) is 3. The summed E-state index contributed by atoms with van der Waals surface area (Å²) in [4.78, 5) is 0. The Kier molecular flexibility index (Phi) is 3.14. The maximum absolute atomic E-state index is 11.1. The number of halogens is 1. The van der Waals surface area contributed by atoms with E-state index in [1.165, 1.54) is 0 Å². The van der Waals surface area contributed by atoms with Crippen LogP contribution in [0, 0.1) is 6.92 Å². The molecule has 0 radical (unpaired) electrons. The van der Waals surface area contributed by atoms with E-state index in [-0.39, 0.29) is 22.1 Å². The largest absolute Gasteiger partial charge is 0.434 e. The van der Waals surface area contributed by atoms with Crippen LogP contribution in [0.5, 0.6) is 5.75 Å². The Morgan fingerprint density at radius 1 is 1.44 bits per heavy atom. The van der Waals surface area contributed by atoms with Crippen molar-refractivity contribution < 1.29 is 13.2 Å². The molecular weight excluding hydrogens is 270 g/mol. The molecule has 0 spiro atoms. The Bertz CT molecular complexity index is 534. The van der Waals surface area contributed by atoms with Gasteiger partial charge in [-0.2, -0.15) is 11.8 Å². The normalized spacial score (nSPS) is 20.8. The number of ether oxygens (including phenoxy) is 1. The van der Waals surface area contributed by atoms with E-state index in [0.29, 0.717) is 10.8 Å². The lowest BCUT2D eigenvalue weighted by Gasteiger charge is -2.05. The van der Waals surface area contributed by atoms with Gasteiger partial charge in [-0.1, -0.05) is 11.6 Å². The van der Waals surface area contributed by atoms with Crippen molar-refractivity contribution in [1.29, 1.82) is 0 Å². The van der Waals surface area contributed by atoms with E-state index >= 15 is 0 Å². The van der Waals surface area contributed by atoms with E-state index < -0.39 is 10.0 Å². The van der Waals surface area contributed by atoms with Gasteiger partial charge in [0.15, 0.2) is 0 Å².